The highest BCUT2D eigenvalue weighted by Gasteiger charge is 2.46. The summed E-state index contributed by atoms with van der Waals surface area (Å²) in [6.07, 6.45) is 1.92. The maximum atomic E-state index is 4.74. The predicted molar refractivity (Wildman–Crippen MR) is 98.6 cm³/mol. The fourth-order valence-corrected chi connectivity index (χ4v) is 11.6. The molecule has 0 aromatic carbocycles. The van der Waals surface area contributed by atoms with E-state index in [2.05, 4.69) is 74.7 Å². The van der Waals surface area contributed by atoms with Crippen LogP contribution in [-0.4, -0.2) is 17.5 Å². The number of aryl methyl sites for hydroxylation is 1. The summed E-state index contributed by atoms with van der Waals surface area (Å²) >= 11 is 3.68. The van der Waals surface area contributed by atoms with Crippen LogP contribution in [0.1, 0.15) is 47.2 Å². The zero-order chi connectivity index (χ0) is 15.9. The Labute approximate surface area is 138 Å². The molecule has 4 heteroatoms. The summed E-state index contributed by atoms with van der Waals surface area (Å²) in [4.78, 5) is 4.74. The van der Waals surface area contributed by atoms with Crippen molar-refractivity contribution in [2.75, 3.05) is 0 Å². The van der Waals surface area contributed by atoms with Gasteiger partial charge < -0.3 is 4.23 Å². The number of halogens is 1. The molecule has 2 aromatic heterocycles. The number of rotatable bonds is 4. The lowest BCUT2D eigenvalue weighted by Crippen LogP contribution is -2.52. The van der Waals surface area contributed by atoms with Gasteiger partial charge in [0.2, 0.25) is 0 Å². The lowest BCUT2D eigenvalue weighted by atomic mass is 10.3. The molecule has 2 heterocycles. The van der Waals surface area contributed by atoms with Crippen LogP contribution in [-0.2, 0) is 0 Å². The van der Waals surface area contributed by atoms with Gasteiger partial charge in [-0.05, 0) is 51.6 Å². The van der Waals surface area contributed by atoms with Gasteiger partial charge in [-0.3, -0.25) is 0 Å². The molecule has 0 bridgehead atoms. The minimum absolute atomic E-state index is 0.674. The zero-order valence-electron chi connectivity index (χ0n) is 14.2. The molecule has 0 saturated carbocycles. The molecule has 0 fully saturated rings. The SMILES string of the molecule is Cc1cc2c(Br)ccnc2n1[Si](C(C)C)(C(C)C)C(C)C. The molecule has 0 aliphatic carbocycles. The number of fused-ring (bicyclic) bond motifs is 1. The second kappa shape index (κ2) is 5.88. The van der Waals surface area contributed by atoms with E-state index in [1.165, 1.54) is 11.1 Å². The first kappa shape index (κ1) is 16.8. The van der Waals surface area contributed by atoms with Crippen molar-refractivity contribution in [3.8, 4) is 0 Å². The number of pyridine rings is 1. The summed E-state index contributed by atoms with van der Waals surface area (Å²) in [5.41, 5.74) is 4.53. The molecule has 0 unspecified atom stereocenters. The molecular weight excluding hydrogens is 340 g/mol. The van der Waals surface area contributed by atoms with Crippen LogP contribution >= 0.6 is 15.9 Å². The maximum absolute atomic E-state index is 4.74. The largest absolute Gasteiger partial charge is 0.356 e. The number of hydrogen-bond donors (Lipinski definition) is 0. The van der Waals surface area contributed by atoms with E-state index < -0.39 is 8.24 Å². The Morgan fingerprint density at radius 2 is 1.57 bits per heavy atom. The Morgan fingerprint density at radius 1 is 1.05 bits per heavy atom. The first-order chi connectivity index (χ1) is 9.74. The third-order valence-electron chi connectivity index (χ3n) is 5.00. The third-order valence-corrected chi connectivity index (χ3v) is 12.6. The van der Waals surface area contributed by atoms with Gasteiger partial charge in [0.1, 0.15) is 5.65 Å². The molecular formula is C17H27BrN2Si. The van der Waals surface area contributed by atoms with Crippen LogP contribution < -0.4 is 0 Å². The number of aromatic nitrogens is 2. The highest BCUT2D eigenvalue weighted by atomic mass is 79.9. The first-order valence-corrected chi connectivity index (χ1v) is 10.8. The molecule has 116 valence electrons. The summed E-state index contributed by atoms with van der Waals surface area (Å²) in [6, 6.07) is 4.33. The van der Waals surface area contributed by atoms with Gasteiger partial charge in [0, 0.05) is 21.7 Å². The van der Waals surface area contributed by atoms with Gasteiger partial charge in [0.05, 0.1) is 0 Å². The molecule has 0 saturated heterocycles. The van der Waals surface area contributed by atoms with Gasteiger partial charge in [-0.25, -0.2) is 4.98 Å². The van der Waals surface area contributed by atoms with E-state index in [1.54, 1.807) is 0 Å². The quantitative estimate of drug-likeness (QED) is 0.594. The van der Waals surface area contributed by atoms with E-state index in [-0.39, 0.29) is 0 Å². The lowest BCUT2D eigenvalue weighted by Gasteiger charge is -2.45. The van der Waals surface area contributed by atoms with Crippen LogP contribution in [0.4, 0.5) is 0 Å². The Morgan fingerprint density at radius 3 is 2.05 bits per heavy atom. The zero-order valence-corrected chi connectivity index (χ0v) is 16.8. The molecule has 0 aliphatic rings. The fraction of sp³-hybridized carbons (Fsp3) is 0.588. The molecule has 0 N–H and O–H groups in total. The second-order valence-corrected chi connectivity index (χ2v) is 13.5. The van der Waals surface area contributed by atoms with Crippen molar-refractivity contribution < 1.29 is 0 Å². The van der Waals surface area contributed by atoms with Gasteiger partial charge >= 0.3 is 0 Å². The van der Waals surface area contributed by atoms with Crippen LogP contribution in [0.2, 0.25) is 16.6 Å². The monoisotopic (exact) mass is 366 g/mol. The van der Waals surface area contributed by atoms with Gasteiger partial charge in [0.15, 0.2) is 8.24 Å². The summed E-state index contributed by atoms with van der Waals surface area (Å²) in [7, 11) is -1.75. The Bertz CT molecular complexity index is 622. The Kier molecular flexibility index (Phi) is 4.69. The van der Waals surface area contributed by atoms with Crippen molar-refractivity contribution in [3.63, 3.8) is 0 Å². The summed E-state index contributed by atoms with van der Waals surface area (Å²) in [6.45, 7) is 16.6. The van der Waals surface area contributed by atoms with E-state index in [4.69, 9.17) is 4.98 Å². The molecule has 0 aliphatic heterocycles. The average Bonchev–Trinajstić information content (AvgIpc) is 2.68. The van der Waals surface area contributed by atoms with E-state index in [9.17, 15) is 0 Å². The lowest BCUT2D eigenvalue weighted by molar-refractivity contribution is 0.763. The number of nitrogens with zero attached hydrogens (tertiary/aromatic N) is 2. The van der Waals surface area contributed by atoms with Crippen LogP contribution in [0.3, 0.4) is 0 Å². The summed E-state index contributed by atoms with van der Waals surface area (Å²) < 4.78 is 3.78. The van der Waals surface area contributed by atoms with Gasteiger partial charge in [-0.15, -0.1) is 0 Å². The molecule has 2 aromatic rings. The smallest absolute Gasteiger partial charge is 0.171 e. The minimum Gasteiger partial charge on any atom is -0.356 e. The first-order valence-electron chi connectivity index (χ1n) is 7.87. The van der Waals surface area contributed by atoms with Crippen LogP contribution in [0.5, 0.6) is 0 Å². The summed E-state index contributed by atoms with van der Waals surface area (Å²) in [5.74, 6) is 0. The van der Waals surface area contributed by atoms with Gasteiger partial charge in [0.25, 0.3) is 0 Å². The maximum Gasteiger partial charge on any atom is 0.171 e. The van der Waals surface area contributed by atoms with Gasteiger partial charge in [-0.1, -0.05) is 41.5 Å². The van der Waals surface area contributed by atoms with E-state index in [1.807, 2.05) is 12.3 Å². The standard InChI is InChI=1S/C17H27BrN2Si/c1-11(2)21(12(3)4,13(5)6)20-14(7)10-15-16(18)8-9-19-17(15)20/h8-13H,1-7H3. The predicted octanol–water partition coefficient (Wildman–Crippen LogP) is 6.13. The summed E-state index contributed by atoms with van der Waals surface area (Å²) in [5, 5.41) is 1.24. The second-order valence-electron chi connectivity index (χ2n) is 7.00. The van der Waals surface area contributed by atoms with Crippen molar-refractivity contribution in [2.45, 2.75) is 65.1 Å². The number of hydrogen-bond acceptors (Lipinski definition) is 1. The minimum atomic E-state index is -1.75. The Hall–Kier alpha value is -0.613. The van der Waals surface area contributed by atoms with Crippen LogP contribution in [0.15, 0.2) is 22.8 Å². The fourth-order valence-electron chi connectivity index (χ4n) is 4.46. The van der Waals surface area contributed by atoms with Crippen LogP contribution in [0.25, 0.3) is 11.0 Å². The molecule has 0 radical (unpaired) electrons. The van der Waals surface area contributed by atoms with Crippen molar-refractivity contribution >= 4 is 35.2 Å². The molecule has 2 nitrogen and oxygen atoms in total. The topological polar surface area (TPSA) is 17.8 Å². The highest BCUT2D eigenvalue weighted by Crippen LogP contribution is 2.45. The molecule has 0 spiro atoms. The van der Waals surface area contributed by atoms with E-state index in [0.29, 0.717) is 16.6 Å². The molecule has 21 heavy (non-hydrogen) atoms. The van der Waals surface area contributed by atoms with Crippen molar-refractivity contribution in [2.24, 2.45) is 0 Å². The van der Waals surface area contributed by atoms with Crippen molar-refractivity contribution in [3.05, 3.63) is 28.5 Å². The third kappa shape index (κ3) is 2.40. The van der Waals surface area contributed by atoms with E-state index >= 15 is 0 Å². The Balaban J connectivity index is 2.90. The molecule has 2 rings (SSSR count). The van der Waals surface area contributed by atoms with E-state index in [0.717, 1.165) is 10.1 Å². The molecule has 0 amide bonds. The van der Waals surface area contributed by atoms with Crippen LogP contribution in [0, 0.1) is 6.92 Å². The molecule has 0 atom stereocenters. The average molecular weight is 367 g/mol. The van der Waals surface area contributed by atoms with Crippen molar-refractivity contribution in [1.82, 2.24) is 9.22 Å². The normalized spacial score (nSPS) is 13.1. The highest BCUT2D eigenvalue weighted by molar-refractivity contribution is 9.10. The van der Waals surface area contributed by atoms with Crippen molar-refractivity contribution in [1.29, 1.82) is 0 Å². The van der Waals surface area contributed by atoms with Gasteiger partial charge in [-0.2, -0.15) is 0 Å².